The molecule has 0 rings (SSSR count). The van der Waals surface area contributed by atoms with Gasteiger partial charge in [-0.3, -0.25) is 0 Å². The van der Waals surface area contributed by atoms with Gasteiger partial charge in [-0.2, -0.15) is 0 Å². The van der Waals surface area contributed by atoms with Crippen LogP contribution in [0, 0.1) is 5.92 Å². The summed E-state index contributed by atoms with van der Waals surface area (Å²) in [5.41, 5.74) is 0. The molecule has 0 saturated carbocycles. The van der Waals surface area contributed by atoms with Crippen molar-refractivity contribution in [2.75, 3.05) is 11.6 Å². The smallest absolute Gasteiger partial charge is 0.211 e. The molecular formula is C10H22ClNO2S. The topological polar surface area (TPSA) is 46.2 Å². The third-order valence-electron chi connectivity index (χ3n) is 2.00. The first kappa shape index (κ1) is 15.2. The third-order valence-corrected chi connectivity index (χ3v) is 3.86. The highest BCUT2D eigenvalue weighted by Crippen LogP contribution is 2.06. The van der Waals surface area contributed by atoms with Crippen LogP contribution in [0.1, 0.15) is 40.0 Å². The minimum Gasteiger partial charge on any atom is -0.212 e. The molecule has 0 amide bonds. The van der Waals surface area contributed by atoms with E-state index in [0.29, 0.717) is 18.2 Å². The van der Waals surface area contributed by atoms with Crippen molar-refractivity contribution in [3.8, 4) is 0 Å². The Balaban J connectivity index is 3.91. The molecule has 0 aliphatic heterocycles. The highest BCUT2D eigenvalue weighted by atomic mass is 35.5. The number of rotatable bonds is 8. The van der Waals surface area contributed by atoms with Crippen LogP contribution in [0.25, 0.3) is 0 Å². The predicted octanol–water partition coefficient (Wildman–Crippen LogP) is 2.36. The molecule has 0 aliphatic rings. The van der Waals surface area contributed by atoms with Gasteiger partial charge in [0.1, 0.15) is 0 Å². The molecule has 0 radical (unpaired) electrons. The summed E-state index contributed by atoms with van der Waals surface area (Å²) in [5.74, 6) is 1.21. The molecule has 0 saturated heterocycles. The first-order valence-electron chi connectivity index (χ1n) is 5.43. The van der Waals surface area contributed by atoms with Gasteiger partial charge in [-0.15, -0.1) is 11.6 Å². The molecule has 3 nitrogen and oxygen atoms in total. The minimum absolute atomic E-state index is 0.0194. The van der Waals surface area contributed by atoms with Crippen molar-refractivity contribution in [1.29, 1.82) is 0 Å². The Labute approximate surface area is 98.6 Å². The number of unbranched alkanes of at least 4 members (excludes halogenated alkanes) is 1. The van der Waals surface area contributed by atoms with Crippen molar-refractivity contribution in [3.05, 3.63) is 0 Å². The lowest BCUT2D eigenvalue weighted by molar-refractivity contribution is 0.482. The number of sulfonamides is 1. The van der Waals surface area contributed by atoms with Crippen molar-refractivity contribution < 1.29 is 8.42 Å². The van der Waals surface area contributed by atoms with E-state index in [9.17, 15) is 8.42 Å². The second-order valence-corrected chi connectivity index (χ2v) is 6.61. The van der Waals surface area contributed by atoms with Crippen LogP contribution in [0.5, 0.6) is 0 Å². The van der Waals surface area contributed by atoms with Crippen LogP contribution in [0.2, 0.25) is 0 Å². The van der Waals surface area contributed by atoms with Crippen molar-refractivity contribution in [3.63, 3.8) is 0 Å². The van der Waals surface area contributed by atoms with Crippen LogP contribution in [-0.4, -0.2) is 26.1 Å². The van der Waals surface area contributed by atoms with Gasteiger partial charge in [-0.1, -0.05) is 13.8 Å². The number of halogens is 1. The van der Waals surface area contributed by atoms with E-state index in [2.05, 4.69) is 18.6 Å². The predicted molar refractivity (Wildman–Crippen MR) is 65.8 cm³/mol. The molecule has 0 aromatic rings. The van der Waals surface area contributed by atoms with Crippen molar-refractivity contribution in [2.24, 2.45) is 5.92 Å². The maximum absolute atomic E-state index is 11.5. The molecule has 1 atom stereocenters. The molecule has 1 unspecified atom stereocenters. The molecule has 0 heterocycles. The molecule has 0 aliphatic carbocycles. The summed E-state index contributed by atoms with van der Waals surface area (Å²) in [5, 5.41) is 0. The molecule has 0 aromatic heterocycles. The van der Waals surface area contributed by atoms with Gasteiger partial charge >= 0.3 is 0 Å². The Morgan fingerprint density at radius 1 is 1.20 bits per heavy atom. The second kappa shape index (κ2) is 7.47. The van der Waals surface area contributed by atoms with Crippen molar-refractivity contribution in [1.82, 2.24) is 4.72 Å². The molecule has 15 heavy (non-hydrogen) atoms. The fraction of sp³-hybridized carbons (Fsp3) is 1.00. The van der Waals surface area contributed by atoms with E-state index in [1.165, 1.54) is 0 Å². The number of hydrogen-bond donors (Lipinski definition) is 1. The van der Waals surface area contributed by atoms with Crippen molar-refractivity contribution >= 4 is 21.6 Å². The Hall–Kier alpha value is 0.200. The van der Waals surface area contributed by atoms with Crippen LogP contribution >= 0.6 is 11.6 Å². The number of hydrogen-bond acceptors (Lipinski definition) is 2. The zero-order valence-electron chi connectivity index (χ0n) is 9.79. The second-order valence-electron chi connectivity index (χ2n) is 4.36. The van der Waals surface area contributed by atoms with Gasteiger partial charge < -0.3 is 0 Å². The third kappa shape index (κ3) is 9.15. The zero-order chi connectivity index (χ0) is 11.9. The number of alkyl halides is 1. The summed E-state index contributed by atoms with van der Waals surface area (Å²) in [6.07, 6.45) is 2.25. The van der Waals surface area contributed by atoms with Crippen LogP contribution < -0.4 is 4.72 Å². The Morgan fingerprint density at radius 3 is 2.27 bits per heavy atom. The van der Waals surface area contributed by atoms with Gasteiger partial charge in [-0.25, -0.2) is 13.1 Å². The zero-order valence-corrected chi connectivity index (χ0v) is 11.4. The van der Waals surface area contributed by atoms with Gasteiger partial charge in [-0.05, 0) is 32.1 Å². The number of nitrogens with one attached hydrogen (secondary N) is 1. The Morgan fingerprint density at radius 2 is 1.80 bits per heavy atom. The maximum atomic E-state index is 11.5. The molecule has 0 aromatic carbocycles. The van der Waals surface area contributed by atoms with Crippen LogP contribution in [-0.2, 0) is 10.0 Å². The van der Waals surface area contributed by atoms with E-state index in [-0.39, 0.29) is 11.8 Å². The average Bonchev–Trinajstić information content (AvgIpc) is 2.00. The standard InChI is InChI=1S/C10H22ClNO2S/c1-9(2)8-10(3)12-15(13,14)7-5-4-6-11/h9-10,12H,4-8H2,1-3H3. The van der Waals surface area contributed by atoms with Crippen LogP contribution in [0.3, 0.4) is 0 Å². The van der Waals surface area contributed by atoms with Gasteiger partial charge in [0.15, 0.2) is 0 Å². The molecule has 0 spiro atoms. The molecule has 1 N–H and O–H groups in total. The quantitative estimate of drug-likeness (QED) is 0.535. The Bertz CT molecular complexity index is 252. The lowest BCUT2D eigenvalue weighted by atomic mass is 10.1. The van der Waals surface area contributed by atoms with E-state index >= 15 is 0 Å². The summed E-state index contributed by atoms with van der Waals surface area (Å²) < 4.78 is 25.8. The van der Waals surface area contributed by atoms with Gasteiger partial charge in [0.05, 0.1) is 5.75 Å². The first-order chi connectivity index (χ1) is 6.87. The molecule has 5 heteroatoms. The average molecular weight is 256 g/mol. The summed E-state index contributed by atoms with van der Waals surface area (Å²) in [6, 6.07) is 0.0194. The van der Waals surface area contributed by atoms with E-state index in [1.54, 1.807) is 0 Å². The van der Waals surface area contributed by atoms with Crippen LogP contribution in [0.15, 0.2) is 0 Å². The van der Waals surface area contributed by atoms with E-state index < -0.39 is 10.0 Å². The summed E-state index contributed by atoms with van der Waals surface area (Å²) in [7, 11) is -3.11. The molecule has 0 fully saturated rings. The maximum Gasteiger partial charge on any atom is 0.211 e. The lowest BCUT2D eigenvalue weighted by Gasteiger charge is -2.15. The van der Waals surface area contributed by atoms with Crippen molar-refractivity contribution in [2.45, 2.75) is 46.1 Å². The Kier molecular flexibility index (Phi) is 7.57. The van der Waals surface area contributed by atoms with Gasteiger partial charge in [0.2, 0.25) is 10.0 Å². The van der Waals surface area contributed by atoms with E-state index in [1.807, 2.05) is 6.92 Å². The minimum atomic E-state index is -3.11. The highest BCUT2D eigenvalue weighted by molar-refractivity contribution is 7.89. The monoisotopic (exact) mass is 255 g/mol. The van der Waals surface area contributed by atoms with E-state index in [0.717, 1.165) is 12.8 Å². The van der Waals surface area contributed by atoms with Gasteiger partial charge in [0.25, 0.3) is 0 Å². The lowest BCUT2D eigenvalue weighted by Crippen LogP contribution is -2.35. The summed E-state index contributed by atoms with van der Waals surface area (Å²) >= 11 is 5.49. The van der Waals surface area contributed by atoms with E-state index in [4.69, 9.17) is 11.6 Å². The SMILES string of the molecule is CC(C)CC(C)NS(=O)(=O)CCCCCl. The summed E-state index contributed by atoms with van der Waals surface area (Å²) in [6.45, 7) is 6.07. The van der Waals surface area contributed by atoms with Crippen LogP contribution in [0.4, 0.5) is 0 Å². The normalized spacial score (nSPS) is 14.5. The van der Waals surface area contributed by atoms with Gasteiger partial charge in [0, 0.05) is 11.9 Å². The largest absolute Gasteiger partial charge is 0.212 e. The molecule has 92 valence electrons. The fourth-order valence-electron chi connectivity index (χ4n) is 1.51. The molecular weight excluding hydrogens is 234 g/mol. The first-order valence-corrected chi connectivity index (χ1v) is 7.62. The highest BCUT2D eigenvalue weighted by Gasteiger charge is 2.14. The fourth-order valence-corrected chi connectivity index (χ4v) is 3.11. The molecule has 0 bridgehead atoms. The summed E-state index contributed by atoms with van der Waals surface area (Å²) in [4.78, 5) is 0.